The molecule has 0 aromatic carbocycles. The van der Waals surface area contributed by atoms with E-state index in [-0.39, 0.29) is 46.1 Å². The first-order valence-electron chi connectivity index (χ1n) is 11.0. The summed E-state index contributed by atoms with van der Waals surface area (Å²) in [7, 11) is 0. The summed E-state index contributed by atoms with van der Waals surface area (Å²) in [4.78, 5) is 14.9. The van der Waals surface area contributed by atoms with Crippen LogP contribution in [0.25, 0.3) is 0 Å². The maximum Gasteiger partial charge on any atom is 0.191 e. The fourth-order valence-electron chi connectivity index (χ4n) is 5.37. The highest BCUT2D eigenvalue weighted by Crippen LogP contribution is 2.63. The third-order valence-corrected chi connectivity index (χ3v) is 6.52. The van der Waals surface area contributed by atoms with Crippen molar-refractivity contribution in [3.63, 3.8) is 0 Å². The maximum absolute atomic E-state index is 6.28. The van der Waals surface area contributed by atoms with Crippen molar-refractivity contribution in [3.8, 4) is 0 Å². The van der Waals surface area contributed by atoms with Crippen LogP contribution in [0.2, 0.25) is 0 Å². The Morgan fingerprint density at radius 1 is 0.690 bits per heavy atom. The van der Waals surface area contributed by atoms with Gasteiger partial charge in [-0.3, -0.25) is 0 Å². The quantitative estimate of drug-likeness (QED) is 0.701. The number of nitrogens with zero attached hydrogens (tertiary/aromatic N) is 3. The highest BCUT2D eigenvalue weighted by molar-refractivity contribution is 6.06. The van der Waals surface area contributed by atoms with E-state index < -0.39 is 0 Å². The lowest BCUT2D eigenvalue weighted by molar-refractivity contribution is 0.130. The second-order valence-electron chi connectivity index (χ2n) is 11.5. The maximum atomic E-state index is 6.28. The summed E-state index contributed by atoms with van der Waals surface area (Å²) < 4.78 is 18.7. The van der Waals surface area contributed by atoms with E-state index in [2.05, 4.69) is 62.3 Å². The molecule has 4 rings (SSSR count). The number of hydrogen-bond donors (Lipinski definition) is 0. The first kappa shape index (κ1) is 20.7. The predicted molar refractivity (Wildman–Crippen MR) is 116 cm³/mol. The Labute approximate surface area is 175 Å². The van der Waals surface area contributed by atoms with Crippen molar-refractivity contribution in [1.29, 1.82) is 0 Å². The van der Waals surface area contributed by atoms with Crippen LogP contribution in [0.15, 0.2) is 15.0 Å². The summed E-state index contributed by atoms with van der Waals surface area (Å²) in [5.74, 6) is 2.48. The predicted octanol–water partition coefficient (Wildman–Crippen LogP) is 4.42. The number of aliphatic imine (C=N–C) groups is 3. The van der Waals surface area contributed by atoms with Gasteiger partial charge in [-0.15, -0.1) is 0 Å². The van der Waals surface area contributed by atoms with Crippen LogP contribution in [0, 0.1) is 17.3 Å². The van der Waals surface area contributed by atoms with E-state index in [1.54, 1.807) is 0 Å². The molecule has 6 heteroatoms. The summed E-state index contributed by atoms with van der Waals surface area (Å²) in [6.07, 6.45) is 2.10. The Morgan fingerprint density at radius 2 is 1.14 bits per heavy atom. The van der Waals surface area contributed by atoms with E-state index in [1.807, 2.05) is 0 Å². The number of ether oxygens (including phenoxy) is 3. The summed E-state index contributed by atoms with van der Waals surface area (Å²) in [6, 6.07) is 0. The Bertz CT molecular complexity index is 747. The molecule has 2 unspecified atom stereocenters. The largest absolute Gasteiger partial charge is 0.478 e. The molecule has 6 nitrogen and oxygen atoms in total. The minimum absolute atomic E-state index is 0.0389. The van der Waals surface area contributed by atoms with Gasteiger partial charge in [0.05, 0.1) is 46.1 Å². The molecule has 0 bridgehead atoms. The summed E-state index contributed by atoms with van der Waals surface area (Å²) in [5.41, 5.74) is -0.827. The van der Waals surface area contributed by atoms with Crippen molar-refractivity contribution >= 4 is 17.7 Å². The monoisotopic (exact) mass is 403 g/mol. The van der Waals surface area contributed by atoms with Crippen LogP contribution < -0.4 is 0 Å². The zero-order chi connectivity index (χ0) is 21.4. The van der Waals surface area contributed by atoms with Crippen molar-refractivity contribution in [3.05, 3.63) is 0 Å². The van der Waals surface area contributed by atoms with Crippen LogP contribution in [0.4, 0.5) is 0 Å². The van der Waals surface area contributed by atoms with Gasteiger partial charge < -0.3 is 14.2 Å². The second kappa shape index (κ2) is 6.21. The van der Waals surface area contributed by atoms with Crippen LogP contribution in [0.3, 0.4) is 0 Å². The molecule has 0 aromatic heterocycles. The highest BCUT2D eigenvalue weighted by atomic mass is 16.5. The van der Waals surface area contributed by atoms with Gasteiger partial charge >= 0.3 is 0 Å². The fourth-order valence-corrected chi connectivity index (χ4v) is 5.37. The molecule has 162 valence electrons. The Hall–Kier alpha value is -1.59. The smallest absolute Gasteiger partial charge is 0.191 e. The average Bonchev–Trinajstić information content (AvgIpc) is 2.98. The molecule has 3 heterocycles. The lowest BCUT2D eigenvalue weighted by atomic mass is 9.96. The molecule has 4 aliphatic rings. The molecule has 0 spiro atoms. The molecule has 0 saturated heterocycles. The lowest BCUT2D eigenvalue weighted by Gasteiger charge is -2.33. The molecule has 1 aliphatic carbocycles. The average molecular weight is 404 g/mol. The minimum atomic E-state index is -0.342. The topological polar surface area (TPSA) is 64.8 Å². The Kier molecular flexibility index (Phi) is 4.43. The van der Waals surface area contributed by atoms with E-state index in [4.69, 9.17) is 29.2 Å². The van der Waals surface area contributed by atoms with Gasteiger partial charge in [-0.05, 0) is 62.3 Å². The molecule has 1 saturated carbocycles. The third kappa shape index (κ3) is 3.68. The molecular formula is C23H37N3O3. The molecule has 4 atom stereocenters. The molecule has 0 amide bonds. The van der Waals surface area contributed by atoms with Crippen LogP contribution in [0.1, 0.15) is 75.2 Å². The standard InChI is InChI=1S/C23H37N3O3/c1-13-10-20(3,4)24-17(28-13)15-16(18-25-21(5,6)11-14(2)29-18)23(15,9)19-26-22(7,8)12-27-19/h13-16H,10-12H2,1-9H3/t13?,14?,15-,16-,23?/m0/s1. The first-order valence-corrected chi connectivity index (χ1v) is 11.0. The van der Waals surface area contributed by atoms with Gasteiger partial charge in [0.15, 0.2) is 17.7 Å². The summed E-state index contributed by atoms with van der Waals surface area (Å²) >= 11 is 0. The minimum Gasteiger partial charge on any atom is -0.478 e. The SMILES string of the molecule is CC1CC(C)(C)N=C([C@@H]2[C@@H](C3=NC(C)(C)CC(C)O3)C2(C)C2=NC(C)(C)CO2)O1. The van der Waals surface area contributed by atoms with Crippen molar-refractivity contribution in [1.82, 2.24) is 0 Å². The molecule has 0 N–H and O–H groups in total. The normalized spacial score (nSPS) is 41.9. The fraction of sp³-hybridized carbons (Fsp3) is 0.870. The zero-order valence-corrected chi connectivity index (χ0v) is 19.5. The third-order valence-electron chi connectivity index (χ3n) is 6.52. The molecule has 0 radical (unpaired) electrons. The van der Waals surface area contributed by atoms with Gasteiger partial charge in [0.2, 0.25) is 0 Å². The van der Waals surface area contributed by atoms with Crippen LogP contribution in [-0.2, 0) is 14.2 Å². The Balaban J connectivity index is 1.76. The van der Waals surface area contributed by atoms with Crippen molar-refractivity contribution in [2.24, 2.45) is 32.2 Å². The van der Waals surface area contributed by atoms with Gasteiger partial charge in [0, 0.05) is 12.8 Å². The highest BCUT2D eigenvalue weighted by Gasteiger charge is 2.73. The van der Waals surface area contributed by atoms with E-state index in [0.717, 1.165) is 30.5 Å². The second-order valence-corrected chi connectivity index (χ2v) is 11.5. The first-order chi connectivity index (χ1) is 13.2. The molecule has 3 aliphatic heterocycles. The molecule has 0 aromatic rings. The van der Waals surface area contributed by atoms with Crippen LogP contribution in [-0.4, -0.2) is 53.1 Å². The van der Waals surface area contributed by atoms with Crippen LogP contribution >= 0.6 is 0 Å². The van der Waals surface area contributed by atoms with Crippen molar-refractivity contribution < 1.29 is 14.2 Å². The van der Waals surface area contributed by atoms with E-state index in [0.29, 0.717) is 6.61 Å². The van der Waals surface area contributed by atoms with E-state index in [9.17, 15) is 0 Å². The van der Waals surface area contributed by atoms with Crippen molar-refractivity contribution in [2.45, 2.75) is 104 Å². The summed E-state index contributed by atoms with van der Waals surface area (Å²) in [6.45, 7) is 20.0. The van der Waals surface area contributed by atoms with Gasteiger partial charge in [-0.25, -0.2) is 15.0 Å². The summed E-state index contributed by atoms with van der Waals surface area (Å²) in [5, 5.41) is 0. The number of rotatable bonds is 3. The van der Waals surface area contributed by atoms with E-state index >= 15 is 0 Å². The van der Waals surface area contributed by atoms with Gasteiger partial charge in [-0.2, -0.15) is 0 Å². The Morgan fingerprint density at radius 3 is 1.48 bits per heavy atom. The molecule has 1 fully saturated rings. The van der Waals surface area contributed by atoms with Gasteiger partial charge in [0.25, 0.3) is 0 Å². The molecule has 29 heavy (non-hydrogen) atoms. The van der Waals surface area contributed by atoms with Crippen molar-refractivity contribution in [2.75, 3.05) is 6.61 Å². The van der Waals surface area contributed by atoms with Gasteiger partial charge in [0.1, 0.15) is 6.61 Å². The van der Waals surface area contributed by atoms with E-state index in [1.165, 1.54) is 0 Å². The lowest BCUT2D eigenvalue weighted by Crippen LogP contribution is -2.37. The number of hydrogen-bond acceptors (Lipinski definition) is 6. The zero-order valence-electron chi connectivity index (χ0n) is 19.5. The molecular weight excluding hydrogens is 366 g/mol. The van der Waals surface area contributed by atoms with Crippen LogP contribution in [0.5, 0.6) is 0 Å². The van der Waals surface area contributed by atoms with Gasteiger partial charge in [-0.1, -0.05) is 0 Å².